The molecule has 0 aliphatic heterocycles. The molecule has 0 saturated heterocycles. The van der Waals surface area contributed by atoms with E-state index in [1.165, 1.54) is 0 Å². The molecule has 112 valence electrons. The SMILES string of the molecule is CNCc1ccc(Cl)cc1Oc1ccc(CO)cc1OC. The molecule has 0 amide bonds. The lowest BCUT2D eigenvalue weighted by Gasteiger charge is -2.14. The van der Waals surface area contributed by atoms with Crippen molar-refractivity contribution in [2.45, 2.75) is 13.2 Å². The molecule has 0 atom stereocenters. The number of hydrogen-bond donors (Lipinski definition) is 2. The van der Waals surface area contributed by atoms with Crippen molar-refractivity contribution in [3.8, 4) is 17.2 Å². The molecule has 0 heterocycles. The van der Waals surface area contributed by atoms with E-state index in [0.717, 1.165) is 11.1 Å². The fraction of sp³-hybridized carbons (Fsp3) is 0.250. The molecule has 0 aromatic heterocycles. The molecular formula is C16H18ClNO3. The summed E-state index contributed by atoms with van der Waals surface area (Å²) in [7, 11) is 3.44. The molecule has 2 aromatic rings. The van der Waals surface area contributed by atoms with Crippen LogP contribution in [0.25, 0.3) is 0 Å². The first-order chi connectivity index (χ1) is 10.2. The normalized spacial score (nSPS) is 10.5. The summed E-state index contributed by atoms with van der Waals surface area (Å²) in [6.45, 7) is 0.627. The Kier molecular flexibility index (Phi) is 5.44. The van der Waals surface area contributed by atoms with Crippen LogP contribution in [0.1, 0.15) is 11.1 Å². The zero-order valence-corrected chi connectivity index (χ0v) is 12.8. The number of aliphatic hydroxyl groups is 1. The van der Waals surface area contributed by atoms with Gasteiger partial charge in [0.25, 0.3) is 0 Å². The molecule has 0 radical (unpaired) electrons. The molecule has 0 bridgehead atoms. The van der Waals surface area contributed by atoms with Gasteiger partial charge >= 0.3 is 0 Å². The molecular weight excluding hydrogens is 290 g/mol. The van der Waals surface area contributed by atoms with E-state index in [1.807, 2.05) is 19.2 Å². The highest BCUT2D eigenvalue weighted by Gasteiger charge is 2.10. The van der Waals surface area contributed by atoms with Gasteiger partial charge in [-0.2, -0.15) is 0 Å². The van der Waals surface area contributed by atoms with Gasteiger partial charge in [-0.25, -0.2) is 0 Å². The third-order valence-corrected chi connectivity index (χ3v) is 3.26. The van der Waals surface area contributed by atoms with E-state index in [9.17, 15) is 0 Å². The molecule has 2 rings (SSSR count). The molecule has 0 aliphatic rings. The Hall–Kier alpha value is -1.75. The third kappa shape index (κ3) is 3.88. The summed E-state index contributed by atoms with van der Waals surface area (Å²) in [5.41, 5.74) is 1.76. The molecule has 2 aromatic carbocycles. The number of hydrogen-bond acceptors (Lipinski definition) is 4. The summed E-state index contributed by atoms with van der Waals surface area (Å²) in [6, 6.07) is 10.8. The first-order valence-corrected chi connectivity index (χ1v) is 6.94. The molecule has 0 spiro atoms. The van der Waals surface area contributed by atoms with Crippen LogP contribution in [0.5, 0.6) is 17.2 Å². The van der Waals surface area contributed by atoms with Crippen LogP contribution in [0.3, 0.4) is 0 Å². The Morgan fingerprint density at radius 1 is 1.10 bits per heavy atom. The predicted molar refractivity (Wildman–Crippen MR) is 83.2 cm³/mol. The maximum absolute atomic E-state index is 9.17. The van der Waals surface area contributed by atoms with Gasteiger partial charge in [-0.1, -0.05) is 23.7 Å². The van der Waals surface area contributed by atoms with Gasteiger partial charge in [0.1, 0.15) is 5.75 Å². The van der Waals surface area contributed by atoms with Gasteiger partial charge in [-0.15, -0.1) is 0 Å². The summed E-state index contributed by atoms with van der Waals surface area (Å²) in [5, 5.41) is 12.9. The van der Waals surface area contributed by atoms with Crippen molar-refractivity contribution in [1.82, 2.24) is 5.32 Å². The van der Waals surface area contributed by atoms with Crippen molar-refractivity contribution >= 4 is 11.6 Å². The Morgan fingerprint density at radius 2 is 1.90 bits per heavy atom. The maximum atomic E-state index is 9.17. The Morgan fingerprint density at radius 3 is 2.57 bits per heavy atom. The molecule has 0 unspecified atom stereocenters. The van der Waals surface area contributed by atoms with Crippen LogP contribution in [0.4, 0.5) is 0 Å². The highest BCUT2D eigenvalue weighted by Crippen LogP contribution is 2.35. The smallest absolute Gasteiger partial charge is 0.169 e. The van der Waals surface area contributed by atoms with Crippen LogP contribution in [0, 0.1) is 0 Å². The van der Waals surface area contributed by atoms with E-state index >= 15 is 0 Å². The quantitative estimate of drug-likeness (QED) is 0.859. The first-order valence-electron chi connectivity index (χ1n) is 6.56. The van der Waals surface area contributed by atoms with Crippen molar-refractivity contribution in [2.24, 2.45) is 0 Å². The summed E-state index contributed by atoms with van der Waals surface area (Å²) in [4.78, 5) is 0. The molecule has 0 aliphatic carbocycles. The number of halogens is 1. The van der Waals surface area contributed by atoms with Crippen LogP contribution in [-0.4, -0.2) is 19.3 Å². The largest absolute Gasteiger partial charge is 0.493 e. The average Bonchev–Trinajstić information content (AvgIpc) is 2.50. The lowest BCUT2D eigenvalue weighted by molar-refractivity contribution is 0.280. The topological polar surface area (TPSA) is 50.7 Å². The minimum absolute atomic E-state index is 0.0428. The second-order valence-corrected chi connectivity index (χ2v) is 4.96. The van der Waals surface area contributed by atoms with Crippen molar-refractivity contribution in [3.63, 3.8) is 0 Å². The maximum Gasteiger partial charge on any atom is 0.169 e. The van der Waals surface area contributed by atoms with Gasteiger partial charge in [0.2, 0.25) is 0 Å². The summed E-state index contributed by atoms with van der Waals surface area (Å²) >= 11 is 6.04. The highest BCUT2D eigenvalue weighted by atomic mass is 35.5. The Labute approximate surface area is 129 Å². The zero-order chi connectivity index (χ0) is 15.2. The van der Waals surface area contributed by atoms with Crippen molar-refractivity contribution in [1.29, 1.82) is 0 Å². The monoisotopic (exact) mass is 307 g/mol. The van der Waals surface area contributed by atoms with Crippen molar-refractivity contribution < 1.29 is 14.6 Å². The first kappa shape index (κ1) is 15.6. The fourth-order valence-corrected chi connectivity index (χ4v) is 2.14. The summed E-state index contributed by atoms with van der Waals surface area (Å²) < 4.78 is 11.2. The second kappa shape index (κ2) is 7.31. The van der Waals surface area contributed by atoms with E-state index in [2.05, 4.69) is 5.32 Å². The molecule has 5 heteroatoms. The van der Waals surface area contributed by atoms with Crippen LogP contribution in [0.15, 0.2) is 36.4 Å². The molecule has 21 heavy (non-hydrogen) atoms. The lowest BCUT2D eigenvalue weighted by Crippen LogP contribution is -2.06. The summed E-state index contributed by atoms with van der Waals surface area (Å²) in [5.74, 6) is 1.82. The van der Waals surface area contributed by atoms with Gasteiger partial charge in [-0.3, -0.25) is 0 Å². The van der Waals surface area contributed by atoms with Crippen molar-refractivity contribution in [3.05, 3.63) is 52.5 Å². The van der Waals surface area contributed by atoms with Crippen molar-refractivity contribution in [2.75, 3.05) is 14.2 Å². The number of benzene rings is 2. The van der Waals surface area contributed by atoms with Crippen LogP contribution in [-0.2, 0) is 13.2 Å². The van der Waals surface area contributed by atoms with E-state index < -0.39 is 0 Å². The Bertz CT molecular complexity index is 616. The average molecular weight is 308 g/mol. The van der Waals surface area contributed by atoms with E-state index in [1.54, 1.807) is 31.4 Å². The van der Waals surface area contributed by atoms with Crippen LogP contribution in [0.2, 0.25) is 5.02 Å². The fourth-order valence-electron chi connectivity index (χ4n) is 1.97. The van der Waals surface area contributed by atoms with Crippen LogP contribution < -0.4 is 14.8 Å². The third-order valence-electron chi connectivity index (χ3n) is 3.03. The van der Waals surface area contributed by atoms with E-state index in [0.29, 0.717) is 28.8 Å². The predicted octanol–water partition coefficient (Wildman–Crippen LogP) is 3.35. The van der Waals surface area contributed by atoms with Crippen LogP contribution >= 0.6 is 11.6 Å². The number of aliphatic hydroxyl groups excluding tert-OH is 1. The van der Waals surface area contributed by atoms with Gasteiger partial charge in [0.05, 0.1) is 13.7 Å². The highest BCUT2D eigenvalue weighted by molar-refractivity contribution is 6.30. The minimum Gasteiger partial charge on any atom is -0.493 e. The number of ether oxygens (including phenoxy) is 2. The standard InChI is InChI=1S/C16H18ClNO3/c1-18-9-12-4-5-13(17)8-15(12)21-14-6-3-11(10-19)7-16(14)20-2/h3-8,18-19H,9-10H2,1-2H3. The van der Waals surface area contributed by atoms with Gasteiger partial charge in [0, 0.05) is 17.1 Å². The number of nitrogens with one attached hydrogen (secondary N) is 1. The number of rotatable bonds is 6. The van der Waals surface area contributed by atoms with E-state index in [4.69, 9.17) is 26.2 Å². The molecule has 0 fully saturated rings. The Balaban J connectivity index is 2.35. The minimum atomic E-state index is -0.0428. The zero-order valence-electron chi connectivity index (χ0n) is 12.0. The molecule has 0 saturated carbocycles. The lowest BCUT2D eigenvalue weighted by atomic mass is 10.2. The summed E-state index contributed by atoms with van der Waals surface area (Å²) in [6.07, 6.45) is 0. The molecule has 2 N–H and O–H groups in total. The second-order valence-electron chi connectivity index (χ2n) is 4.53. The number of methoxy groups -OCH3 is 1. The van der Waals surface area contributed by atoms with Gasteiger partial charge in [0.15, 0.2) is 11.5 Å². The molecule has 4 nitrogen and oxygen atoms in total. The van der Waals surface area contributed by atoms with Gasteiger partial charge < -0.3 is 19.9 Å². The van der Waals surface area contributed by atoms with E-state index in [-0.39, 0.29) is 6.61 Å². The van der Waals surface area contributed by atoms with Gasteiger partial charge in [-0.05, 0) is 36.9 Å².